The minimum absolute atomic E-state index is 0.128. The van der Waals surface area contributed by atoms with Crippen LogP contribution in [0.4, 0.5) is 4.39 Å². The van der Waals surface area contributed by atoms with Crippen molar-refractivity contribution in [2.24, 2.45) is 0 Å². The van der Waals surface area contributed by atoms with Crippen LogP contribution in [0.5, 0.6) is 0 Å². The van der Waals surface area contributed by atoms with Gasteiger partial charge in [-0.25, -0.2) is 9.18 Å². The van der Waals surface area contributed by atoms with Crippen LogP contribution in [0.3, 0.4) is 0 Å². The first-order valence-electron chi connectivity index (χ1n) is 4.84. The van der Waals surface area contributed by atoms with Gasteiger partial charge in [0.2, 0.25) is 0 Å². The number of carbonyl (C=O) groups is 2. The number of nitrogens with zero attached hydrogens (tertiary/aromatic N) is 1. The Morgan fingerprint density at radius 3 is 2.47 bits per heavy atom. The first kappa shape index (κ1) is 12.9. The van der Waals surface area contributed by atoms with Crippen LogP contribution in [0.1, 0.15) is 15.9 Å². The Kier molecular flexibility index (Phi) is 3.98. The first-order chi connectivity index (χ1) is 7.91. The van der Waals surface area contributed by atoms with Crippen LogP contribution in [0.25, 0.3) is 6.08 Å². The fourth-order valence-corrected chi connectivity index (χ4v) is 1.21. The quantitative estimate of drug-likeness (QED) is 0.813. The van der Waals surface area contributed by atoms with E-state index in [4.69, 9.17) is 5.11 Å². The Morgan fingerprint density at radius 2 is 2.00 bits per heavy atom. The van der Waals surface area contributed by atoms with Gasteiger partial charge in [0.1, 0.15) is 5.82 Å². The normalized spacial score (nSPS) is 10.5. The number of carboxylic acid groups (broad SMARTS) is 1. The lowest BCUT2D eigenvalue weighted by Crippen LogP contribution is -2.21. The molecule has 0 saturated heterocycles. The maximum atomic E-state index is 13.5. The largest absolute Gasteiger partial charge is 0.478 e. The van der Waals surface area contributed by atoms with Crippen molar-refractivity contribution in [2.45, 2.75) is 0 Å². The maximum Gasteiger partial charge on any atom is 0.328 e. The highest BCUT2D eigenvalue weighted by Crippen LogP contribution is 2.13. The van der Waals surface area contributed by atoms with Crippen LogP contribution in [-0.2, 0) is 4.79 Å². The molecule has 5 heteroatoms. The van der Waals surface area contributed by atoms with Gasteiger partial charge in [0, 0.05) is 31.3 Å². The number of hydrogen-bond donors (Lipinski definition) is 1. The van der Waals surface area contributed by atoms with Gasteiger partial charge in [0.25, 0.3) is 5.91 Å². The molecule has 90 valence electrons. The zero-order valence-electron chi connectivity index (χ0n) is 9.48. The smallest absolute Gasteiger partial charge is 0.328 e. The second-order valence-corrected chi connectivity index (χ2v) is 3.61. The van der Waals surface area contributed by atoms with Gasteiger partial charge in [-0.2, -0.15) is 0 Å². The second-order valence-electron chi connectivity index (χ2n) is 3.61. The fraction of sp³-hybridized carbons (Fsp3) is 0.167. The molecule has 0 saturated carbocycles. The van der Waals surface area contributed by atoms with E-state index in [0.29, 0.717) is 0 Å². The zero-order valence-corrected chi connectivity index (χ0v) is 9.48. The molecule has 0 fully saturated rings. The standard InChI is InChI=1S/C12H12FNO3/c1-14(2)12(17)9-4-3-8(10(13)7-9)5-6-11(15)16/h3-7H,1-2H3,(H,15,16). The molecular weight excluding hydrogens is 225 g/mol. The molecule has 1 rings (SSSR count). The summed E-state index contributed by atoms with van der Waals surface area (Å²) in [4.78, 5) is 23.1. The van der Waals surface area contributed by atoms with Crippen molar-refractivity contribution in [3.8, 4) is 0 Å². The summed E-state index contributed by atoms with van der Waals surface area (Å²) in [5.41, 5.74) is 0.350. The molecule has 4 nitrogen and oxygen atoms in total. The Morgan fingerprint density at radius 1 is 1.35 bits per heavy atom. The Hall–Kier alpha value is -2.17. The van der Waals surface area contributed by atoms with Crippen molar-refractivity contribution in [2.75, 3.05) is 14.1 Å². The number of benzene rings is 1. The van der Waals surface area contributed by atoms with E-state index in [2.05, 4.69) is 0 Å². The van der Waals surface area contributed by atoms with Crippen LogP contribution in [0.2, 0.25) is 0 Å². The summed E-state index contributed by atoms with van der Waals surface area (Å²) in [6, 6.07) is 3.91. The van der Waals surface area contributed by atoms with Crippen LogP contribution < -0.4 is 0 Å². The molecule has 0 bridgehead atoms. The Bertz CT molecular complexity index is 481. The van der Waals surface area contributed by atoms with Crippen molar-refractivity contribution in [3.05, 3.63) is 41.2 Å². The molecule has 1 amide bonds. The van der Waals surface area contributed by atoms with Gasteiger partial charge in [-0.05, 0) is 18.2 Å². The average Bonchev–Trinajstić information content (AvgIpc) is 2.26. The predicted octanol–water partition coefficient (Wildman–Crippen LogP) is 1.63. The highest BCUT2D eigenvalue weighted by Gasteiger charge is 2.10. The molecule has 0 unspecified atom stereocenters. The van der Waals surface area contributed by atoms with Crippen LogP contribution >= 0.6 is 0 Å². The molecule has 1 aromatic rings. The Balaban J connectivity index is 3.02. The number of carbonyl (C=O) groups excluding carboxylic acids is 1. The molecule has 0 aromatic heterocycles. The molecule has 0 aliphatic heterocycles. The second kappa shape index (κ2) is 5.25. The van der Waals surface area contributed by atoms with Crippen molar-refractivity contribution in [1.82, 2.24) is 4.90 Å². The summed E-state index contributed by atoms with van der Waals surface area (Å²) in [5.74, 6) is -2.09. The summed E-state index contributed by atoms with van der Waals surface area (Å²) in [6.45, 7) is 0. The topological polar surface area (TPSA) is 57.6 Å². The first-order valence-corrected chi connectivity index (χ1v) is 4.84. The Labute approximate surface area is 98.0 Å². The van der Waals surface area contributed by atoms with E-state index >= 15 is 0 Å². The van der Waals surface area contributed by atoms with E-state index in [1.54, 1.807) is 14.1 Å². The molecule has 0 aliphatic rings. The van der Waals surface area contributed by atoms with E-state index < -0.39 is 11.8 Å². The highest BCUT2D eigenvalue weighted by molar-refractivity contribution is 5.94. The molecule has 0 radical (unpaired) electrons. The van der Waals surface area contributed by atoms with E-state index in [9.17, 15) is 14.0 Å². The van der Waals surface area contributed by atoms with Gasteiger partial charge >= 0.3 is 5.97 Å². The molecule has 1 N–H and O–H groups in total. The highest BCUT2D eigenvalue weighted by atomic mass is 19.1. The van der Waals surface area contributed by atoms with Crippen LogP contribution in [-0.4, -0.2) is 36.0 Å². The SMILES string of the molecule is CN(C)C(=O)c1ccc(C=CC(=O)O)c(F)c1. The van der Waals surface area contributed by atoms with Gasteiger partial charge in [-0.1, -0.05) is 6.07 Å². The van der Waals surface area contributed by atoms with Crippen molar-refractivity contribution >= 4 is 18.0 Å². The van der Waals surface area contributed by atoms with Crippen LogP contribution in [0.15, 0.2) is 24.3 Å². The monoisotopic (exact) mass is 237 g/mol. The van der Waals surface area contributed by atoms with E-state index in [-0.39, 0.29) is 17.0 Å². The summed E-state index contributed by atoms with van der Waals surface area (Å²) in [5, 5.41) is 8.41. The molecule has 1 aromatic carbocycles. The van der Waals surface area contributed by atoms with Crippen molar-refractivity contribution in [3.63, 3.8) is 0 Å². The summed E-state index contributed by atoms with van der Waals surface area (Å²) in [6.07, 6.45) is 1.98. The van der Waals surface area contributed by atoms with Gasteiger partial charge in [0.15, 0.2) is 0 Å². The van der Waals surface area contributed by atoms with E-state index in [0.717, 1.165) is 18.2 Å². The third-order valence-electron chi connectivity index (χ3n) is 2.06. The lowest BCUT2D eigenvalue weighted by Gasteiger charge is -2.10. The number of carboxylic acids is 1. The number of hydrogen-bond acceptors (Lipinski definition) is 2. The van der Waals surface area contributed by atoms with Crippen LogP contribution in [0, 0.1) is 5.82 Å². The lowest BCUT2D eigenvalue weighted by atomic mass is 10.1. The molecule has 17 heavy (non-hydrogen) atoms. The third kappa shape index (κ3) is 3.41. The van der Waals surface area contributed by atoms with Gasteiger partial charge in [-0.3, -0.25) is 4.79 Å². The number of rotatable bonds is 3. The molecule has 0 spiro atoms. The van der Waals surface area contributed by atoms with Crippen molar-refractivity contribution in [1.29, 1.82) is 0 Å². The lowest BCUT2D eigenvalue weighted by molar-refractivity contribution is -0.131. The third-order valence-corrected chi connectivity index (χ3v) is 2.06. The van der Waals surface area contributed by atoms with Gasteiger partial charge < -0.3 is 10.0 Å². The summed E-state index contributed by atoms with van der Waals surface area (Å²) < 4.78 is 13.5. The molecular formula is C12H12FNO3. The predicted molar refractivity (Wildman–Crippen MR) is 61.1 cm³/mol. The zero-order chi connectivity index (χ0) is 13.0. The van der Waals surface area contributed by atoms with Crippen molar-refractivity contribution < 1.29 is 19.1 Å². The molecule has 0 aliphatic carbocycles. The minimum Gasteiger partial charge on any atom is -0.478 e. The van der Waals surface area contributed by atoms with Gasteiger partial charge in [-0.15, -0.1) is 0 Å². The number of aliphatic carboxylic acids is 1. The molecule has 0 heterocycles. The number of halogens is 1. The number of amides is 1. The van der Waals surface area contributed by atoms with E-state index in [1.807, 2.05) is 0 Å². The van der Waals surface area contributed by atoms with E-state index in [1.165, 1.54) is 17.0 Å². The minimum atomic E-state index is -1.15. The fourth-order valence-electron chi connectivity index (χ4n) is 1.21. The molecule has 0 atom stereocenters. The summed E-state index contributed by atoms with van der Waals surface area (Å²) in [7, 11) is 3.14. The summed E-state index contributed by atoms with van der Waals surface area (Å²) >= 11 is 0. The maximum absolute atomic E-state index is 13.5. The van der Waals surface area contributed by atoms with Gasteiger partial charge in [0.05, 0.1) is 0 Å². The average molecular weight is 237 g/mol.